The fourth-order valence-electron chi connectivity index (χ4n) is 2.76. The predicted octanol–water partition coefficient (Wildman–Crippen LogP) is 4.55. The van der Waals surface area contributed by atoms with E-state index in [0.29, 0.717) is 22.2 Å². The Labute approximate surface area is 159 Å². The topological polar surface area (TPSA) is 99.1 Å². The minimum atomic E-state index is -0.487. The highest BCUT2D eigenvalue weighted by atomic mass is 16.6. The zero-order chi connectivity index (χ0) is 19.5. The van der Waals surface area contributed by atoms with E-state index in [2.05, 4.69) is 9.97 Å². The molecule has 4 aromatic rings. The highest BCUT2D eigenvalue weighted by Gasteiger charge is 2.20. The van der Waals surface area contributed by atoms with Gasteiger partial charge in [-0.2, -0.15) is 0 Å². The lowest BCUT2D eigenvalue weighted by Crippen LogP contribution is -2.03. The average molecular weight is 371 g/mol. The van der Waals surface area contributed by atoms with Gasteiger partial charge in [-0.3, -0.25) is 19.9 Å². The molecule has 2 aromatic carbocycles. The molecule has 0 aliphatic carbocycles. The van der Waals surface area contributed by atoms with E-state index in [1.807, 2.05) is 12.1 Å². The minimum Gasteiger partial charge on any atom is -0.436 e. The molecule has 0 atom stereocenters. The summed E-state index contributed by atoms with van der Waals surface area (Å²) in [6, 6.07) is 16.5. The second-order valence-electron chi connectivity index (χ2n) is 5.97. The maximum absolute atomic E-state index is 13.1. The van der Waals surface area contributed by atoms with E-state index >= 15 is 0 Å². The molecule has 0 aliphatic rings. The van der Waals surface area contributed by atoms with E-state index in [1.165, 1.54) is 24.4 Å². The highest BCUT2D eigenvalue weighted by Crippen LogP contribution is 2.27. The molecule has 4 rings (SSSR count). The largest absolute Gasteiger partial charge is 0.436 e. The molecule has 0 unspecified atom stereocenters. The highest BCUT2D eigenvalue weighted by molar-refractivity contribution is 6.31. The Balaban J connectivity index is 1.87. The smallest absolute Gasteiger partial charge is 0.270 e. The van der Waals surface area contributed by atoms with Crippen molar-refractivity contribution < 1.29 is 14.1 Å². The Bertz CT molecular complexity index is 1180. The summed E-state index contributed by atoms with van der Waals surface area (Å²) in [5.41, 5.74) is 2.12. The van der Waals surface area contributed by atoms with Gasteiger partial charge in [0, 0.05) is 30.1 Å². The van der Waals surface area contributed by atoms with Crippen molar-refractivity contribution in [1.29, 1.82) is 0 Å². The number of nitrogens with zero attached hydrogens (tertiary/aromatic N) is 3. The van der Waals surface area contributed by atoms with Gasteiger partial charge in [-0.25, -0.2) is 4.98 Å². The van der Waals surface area contributed by atoms with Crippen molar-refractivity contribution in [2.45, 2.75) is 0 Å². The van der Waals surface area contributed by atoms with Crippen molar-refractivity contribution in [2.75, 3.05) is 0 Å². The van der Waals surface area contributed by atoms with Crippen LogP contribution in [0.2, 0.25) is 0 Å². The van der Waals surface area contributed by atoms with E-state index in [-0.39, 0.29) is 22.9 Å². The second kappa shape index (κ2) is 7.24. The lowest BCUT2D eigenvalue weighted by molar-refractivity contribution is -0.384. The first-order chi connectivity index (χ1) is 13.6. The Morgan fingerprint density at radius 1 is 1.07 bits per heavy atom. The molecule has 136 valence electrons. The minimum absolute atomic E-state index is 0.0699. The van der Waals surface area contributed by atoms with Crippen LogP contribution < -0.4 is 0 Å². The number of hydrogen-bond acceptors (Lipinski definition) is 6. The first-order valence-electron chi connectivity index (χ1n) is 8.38. The molecule has 0 bridgehead atoms. The first kappa shape index (κ1) is 17.3. The van der Waals surface area contributed by atoms with Gasteiger partial charge in [0.2, 0.25) is 5.89 Å². The van der Waals surface area contributed by atoms with Crippen LogP contribution in [0.3, 0.4) is 0 Å². The van der Waals surface area contributed by atoms with E-state index in [0.717, 1.165) is 0 Å². The van der Waals surface area contributed by atoms with Gasteiger partial charge in [-0.05, 0) is 35.9 Å². The van der Waals surface area contributed by atoms with Crippen LogP contribution >= 0.6 is 0 Å². The fraction of sp³-hybridized carbons (Fsp3) is 0. The van der Waals surface area contributed by atoms with Gasteiger partial charge in [0.25, 0.3) is 5.69 Å². The third kappa shape index (κ3) is 3.41. The number of fused-ring (bicyclic) bond motifs is 1. The number of nitro groups is 1. The van der Waals surface area contributed by atoms with E-state index in [4.69, 9.17) is 4.42 Å². The van der Waals surface area contributed by atoms with E-state index in [9.17, 15) is 14.9 Å². The molecular weight excluding hydrogens is 358 g/mol. The number of rotatable bonds is 5. The monoisotopic (exact) mass is 371 g/mol. The van der Waals surface area contributed by atoms with Crippen LogP contribution in [-0.2, 0) is 0 Å². The summed E-state index contributed by atoms with van der Waals surface area (Å²) in [6.07, 6.45) is 4.56. The van der Waals surface area contributed by atoms with Crippen LogP contribution in [0.15, 0.2) is 77.5 Å². The molecule has 0 N–H and O–H groups in total. The van der Waals surface area contributed by atoms with Crippen molar-refractivity contribution in [2.24, 2.45) is 0 Å². The van der Waals surface area contributed by atoms with Gasteiger partial charge in [0.15, 0.2) is 11.4 Å². The van der Waals surface area contributed by atoms with Gasteiger partial charge in [0.05, 0.1) is 10.5 Å². The maximum Gasteiger partial charge on any atom is 0.270 e. The number of non-ortho nitro benzene ring substituents is 1. The van der Waals surface area contributed by atoms with Gasteiger partial charge in [-0.15, -0.1) is 0 Å². The number of nitro benzene ring substituents is 1. The quantitative estimate of drug-likeness (QED) is 0.221. The molecule has 0 saturated heterocycles. The SMILES string of the molecule is O=C(/C(=C/c1cccc([N+](=O)[O-])c1)c1nc2ccccc2o1)c1cccnc1. The van der Waals surface area contributed by atoms with Crippen LogP contribution in [0.1, 0.15) is 21.8 Å². The van der Waals surface area contributed by atoms with Crippen LogP contribution in [0, 0.1) is 10.1 Å². The number of Topliss-reactive ketones (excluding diaryl/α,β-unsaturated/α-hetero) is 1. The summed E-state index contributed by atoms with van der Waals surface area (Å²) in [7, 11) is 0. The predicted molar refractivity (Wildman–Crippen MR) is 104 cm³/mol. The zero-order valence-corrected chi connectivity index (χ0v) is 14.5. The zero-order valence-electron chi connectivity index (χ0n) is 14.5. The number of hydrogen-bond donors (Lipinski definition) is 0. The molecular formula is C21H13N3O4. The normalized spacial score (nSPS) is 11.5. The average Bonchev–Trinajstić information content (AvgIpc) is 3.16. The third-order valence-corrected chi connectivity index (χ3v) is 4.08. The number of aromatic nitrogens is 2. The number of ketones is 1. The fourth-order valence-corrected chi connectivity index (χ4v) is 2.76. The van der Waals surface area contributed by atoms with Crippen molar-refractivity contribution in [1.82, 2.24) is 9.97 Å². The van der Waals surface area contributed by atoms with Crippen LogP contribution in [0.25, 0.3) is 22.7 Å². The number of carbonyl (C=O) groups excluding carboxylic acids is 1. The molecule has 0 saturated carbocycles. The van der Waals surface area contributed by atoms with Gasteiger partial charge in [0.1, 0.15) is 5.52 Å². The lowest BCUT2D eigenvalue weighted by Gasteiger charge is -2.04. The van der Waals surface area contributed by atoms with Crippen LogP contribution in [0.4, 0.5) is 5.69 Å². The number of allylic oxidation sites excluding steroid dienone is 1. The Morgan fingerprint density at radius 3 is 2.68 bits per heavy atom. The maximum atomic E-state index is 13.1. The lowest BCUT2D eigenvalue weighted by atomic mass is 10.0. The molecule has 0 radical (unpaired) electrons. The van der Waals surface area contributed by atoms with Crippen molar-refractivity contribution in [3.8, 4) is 0 Å². The Kier molecular flexibility index (Phi) is 4.47. The van der Waals surface area contributed by atoms with Crippen molar-refractivity contribution in [3.05, 3.63) is 100 Å². The standard InChI is InChI=1S/C21H13N3O4/c25-20(15-6-4-10-22-13-15)17(12-14-5-3-7-16(11-14)24(26)27)21-23-18-8-1-2-9-19(18)28-21/h1-13H/b17-12-. The van der Waals surface area contributed by atoms with E-state index < -0.39 is 4.92 Å². The summed E-state index contributed by atoms with van der Waals surface area (Å²) in [6.45, 7) is 0. The number of pyridine rings is 1. The molecule has 0 aliphatic heterocycles. The Hall–Kier alpha value is -4.13. The summed E-state index contributed by atoms with van der Waals surface area (Å²) in [4.78, 5) is 32.1. The van der Waals surface area contributed by atoms with Crippen LogP contribution in [-0.4, -0.2) is 20.7 Å². The summed E-state index contributed by atoms with van der Waals surface area (Å²) >= 11 is 0. The van der Waals surface area contributed by atoms with Crippen molar-refractivity contribution >= 4 is 34.2 Å². The molecule has 7 heteroatoms. The Morgan fingerprint density at radius 2 is 1.93 bits per heavy atom. The molecule has 2 heterocycles. The van der Waals surface area contributed by atoms with Crippen LogP contribution in [0.5, 0.6) is 0 Å². The molecule has 0 spiro atoms. The van der Waals surface area contributed by atoms with Gasteiger partial charge in [-0.1, -0.05) is 24.3 Å². The molecule has 0 fully saturated rings. The number of oxazole rings is 1. The van der Waals surface area contributed by atoms with E-state index in [1.54, 1.807) is 42.6 Å². The summed E-state index contributed by atoms with van der Waals surface area (Å²) < 4.78 is 5.77. The van der Waals surface area contributed by atoms with Gasteiger partial charge >= 0.3 is 0 Å². The molecule has 2 aromatic heterocycles. The number of carbonyl (C=O) groups is 1. The number of benzene rings is 2. The molecule has 0 amide bonds. The molecule has 7 nitrogen and oxygen atoms in total. The summed E-state index contributed by atoms with van der Waals surface area (Å²) in [5, 5.41) is 11.1. The van der Waals surface area contributed by atoms with Crippen molar-refractivity contribution in [3.63, 3.8) is 0 Å². The van der Waals surface area contributed by atoms with Gasteiger partial charge < -0.3 is 4.42 Å². The number of para-hydroxylation sites is 2. The second-order valence-corrected chi connectivity index (χ2v) is 5.97. The third-order valence-electron chi connectivity index (χ3n) is 4.08. The summed E-state index contributed by atoms with van der Waals surface area (Å²) in [5.74, 6) is -0.201. The first-order valence-corrected chi connectivity index (χ1v) is 8.38. The molecule has 28 heavy (non-hydrogen) atoms.